The zero-order valence-electron chi connectivity index (χ0n) is 11.0. The van der Waals surface area contributed by atoms with Crippen LogP contribution in [0.15, 0.2) is 36.9 Å². The van der Waals surface area contributed by atoms with Gasteiger partial charge in [-0.2, -0.15) is 0 Å². The van der Waals surface area contributed by atoms with Gasteiger partial charge in [-0.25, -0.2) is 13.9 Å². The molecule has 0 fully saturated rings. The van der Waals surface area contributed by atoms with Crippen molar-refractivity contribution in [1.82, 2.24) is 15.0 Å². The largest absolute Gasteiger partial charge is 0.457 e. The van der Waals surface area contributed by atoms with E-state index in [0.29, 0.717) is 12.2 Å². The molecule has 1 aromatic heterocycles. The number of halogens is 1. The van der Waals surface area contributed by atoms with Crippen LogP contribution >= 0.6 is 0 Å². The molecule has 0 aliphatic heterocycles. The molecule has 1 heterocycles. The number of carbonyl (C=O) groups is 1. The fraction of sp³-hybridized carbons (Fsp3) is 0.214. The van der Waals surface area contributed by atoms with E-state index in [0.717, 1.165) is 5.56 Å². The summed E-state index contributed by atoms with van der Waals surface area (Å²) in [6.45, 7) is 5.63. The maximum Gasteiger partial charge on any atom is 0.361 e. The minimum Gasteiger partial charge on any atom is -0.457 e. The van der Waals surface area contributed by atoms with E-state index in [4.69, 9.17) is 4.74 Å². The zero-order valence-corrected chi connectivity index (χ0v) is 11.0. The molecule has 2 rings (SSSR count). The number of rotatable bonds is 5. The van der Waals surface area contributed by atoms with Gasteiger partial charge in [0.05, 0.1) is 12.2 Å². The number of esters is 1. The van der Waals surface area contributed by atoms with Gasteiger partial charge in [-0.1, -0.05) is 30.0 Å². The fourth-order valence-electron chi connectivity index (χ4n) is 1.71. The first kappa shape index (κ1) is 13.9. The standard InChI is InChI=1S/C14H14FN3O2/c1-3-7-20-14(19)13-10(2)18(17-16-13)9-11-5-4-6-12(15)8-11/h3-6,8H,1,7,9H2,2H3. The normalized spacial score (nSPS) is 10.3. The van der Waals surface area contributed by atoms with Crippen molar-refractivity contribution in [1.29, 1.82) is 0 Å². The molecule has 0 N–H and O–H groups in total. The third kappa shape index (κ3) is 3.09. The molecule has 0 aliphatic rings. The molecule has 0 aliphatic carbocycles. The van der Waals surface area contributed by atoms with Gasteiger partial charge in [0.2, 0.25) is 0 Å². The molecule has 104 valence electrons. The summed E-state index contributed by atoms with van der Waals surface area (Å²) < 4.78 is 19.5. The van der Waals surface area contributed by atoms with Crippen LogP contribution in [0.25, 0.3) is 0 Å². The van der Waals surface area contributed by atoms with E-state index in [1.807, 2.05) is 0 Å². The molecule has 0 unspecified atom stereocenters. The van der Waals surface area contributed by atoms with Gasteiger partial charge in [-0.15, -0.1) is 5.10 Å². The topological polar surface area (TPSA) is 57.0 Å². The summed E-state index contributed by atoms with van der Waals surface area (Å²) >= 11 is 0. The molecule has 5 nitrogen and oxygen atoms in total. The Hall–Kier alpha value is -2.50. The van der Waals surface area contributed by atoms with Gasteiger partial charge < -0.3 is 4.74 Å². The van der Waals surface area contributed by atoms with Crippen molar-refractivity contribution in [2.75, 3.05) is 6.61 Å². The van der Waals surface area contributed by atoms with Gasteiger partial charge in [0.25, 0.3) is 0 Å². The summed E-state index contributed by atoms with van der Waals surface area (Å²) in [4.78, 5) is 11.7. The molecule has 0 saturated carbocycles. The van der Waals surface area contributed by atoms with Gasteiger partial charge in [0.15, 0.2) is 5.69 Å². The van der Waals surface area contributed by atoms with Gasteiger partial charge >= 0.3 is 5.97 Å². The van der Waals surface area contributed by atoms with Crippen LogP contribution in [-0.4, -0.2) is 27.6 Å². The van der Waals surface area contributed by atoms with E-state index in [-0.39, 0.29) is 18.1 Å². The molecule has 1 aromatic carbocycles. The highest BCUT2D eigenvalue weighted by Crippen LogP contribution is 2.10. The SMILES string of the molecule is C=CCOC(=O)c1nnn(Cc2cccc(F)c2)c1C. The van der Waals surface area contributed by atoms with E-state index in [2.05, 4.69) is 16.9 Å². The molecule has 0 atom stereocenters. The second-order valence-electron chi connectivity index (χ2n) is 4.20. The predicted molar refractivity (Wildman–Crippen MR) is 70.7 cm³/mol. The fourth-order valence-corrected chi connectivity index (χ4v) is 1.71. The van der Waals surface area contributed by atoms with E-state index >= 15 is 0 Å². The third-order valence-electron chi connectivity index (χ3n) is 2.73. The maximum absolute atomic E-state index is 13.1. The summed E-state index contributed by atoms with van der Waals surface area (Å²) in [7, 11) is 0. The lowest BCUT2D eigenvalue weighted by Crippen LogP contribution is -2.09. The van der Waals surface area contributed by atoms with Crippen LogP contribution in [0.2, 0.25) is 0 Å². The van der Waals surface area contributed by atoms with Crippen molar-refractivity contribution < 1.29 is 13.9 Å². The number of carbonyl (C=O) groups excluding carboxylic acids is 1. The Labute approximate surface area is 115 Å². The van der Waals surface area contributed by atoms with Gasteiger partial charge in [-0.3, -0.25) is 0 Å². The first-order chi connectivity index (χ1) is 9.61. The summed E-state index contributed by atoms with van der Waals surface area (Å²) in [6.07, 6.45) is 1.48. The molecule has 6 heteroatoms. The highest BCUT2D eigenvalue weighted by Gasteiger charge is 2.17. The van der Waals surface area contributed by atoms with Crippen LogP contribution in [0, 0.1) is 12.7 Å². The molecule has 0 saturated heterocycles. The van der Waals surface area contributed by atoms with Crippen molar-refractivity contribution in [3.63, 3.8) is 0 Å². The van der Waals surface area contributed by atoms with Crippen molar-refractivity contribution in [2.24, 2.45) is 0 Å². The minimum absolute atomic E-state index is 0.120. The third-order valence-corrected chi connectivity index (χ3v) is 2.73. The molecule has 0 radical (unpaired) electrons. The molecule has 2 aromatic rings. The van der Waals surface area contributed by atoms with Crippen molar-refractivity contribution in [2.45, 2.75) is 13.5 Å². The van der Waals surface area contributed by atoms with E-state index in [1.54, 1.807) is 19.1 Å². The molecule has 0 amide bonds. The summed E-state index contributed by atoms with van der Waals surface area (Å²) in [5.74, 6) is -0.862. The number of nitrogens with zero attached hydrogens (tertiary/aromatic N) is 3. The molecule has 20 heavy (non-hydrogen) atoms. The van der Waals surface area contributed by atoms with Gasteiger partial charge in [0, 0.05) is 0 Å². The second-order valence-corrected chi connectivity index (χ2v) is 4.20. The van der Waals surface area contributed by atoms with Crippen LogP contribution in [0.1, 0.15) is 21.7 Å². The molecular formula is C14H14FN3O2. The van der Waals surface area contributed by atoms with E-state index in [9.17, 15) is 9.18 Å². The zero-order chi connectivity index (χ0) is 14.5. The average molecular weight is 275 g/mol. The monoisotopic (exact) mass is 275 g/mol. The number of aromatic nitrogens is 3. The first-order valence-electron chi connectivity index (χ1n) is 6.04. The van der Waals surface area contributed by atoms with Crippen molar-refractivity contribution >= 4 is 5.97 Å². The maximum atomic E-state index is 13.1. The molecule has 0 bridgehead atoms. The molecule has 0 spiro atoms. The van der Waals surface area contributed by atoms with E-state index < -0.39 is 5.97 Å². The highest BCUT2D eigenvalue weighted by molar-refractivity contribution is 5.88. The minimum atomic E-state index is -0.548. The lowest BCUT2D eigenvalue weighted by molar-refractivity contribution is 0.0542. The number of benzene rings is 1. The quantitative estimate of drug-likeness (QED) is 0.619. The second kappa shape index (κ2) is 6.10. The van der Waals surface area contributed by atoms with Gasteiger partial charge in [-0.05, 0) is 24.6 Å². The Morgan fingerprint density at radius 2 is 2.35 bits per heavy atom. The Bertz CT molecular complexity index is 637. The highest BCUT2D eigenvalue weighted by atomic mass is 19.1. The smallest absolute Gasteiger partial charge is 0.361 e. The summed E-state index contributed by atoms with van der Waals surface area (Å²) in [5, 5.41) is 7.68. The summed E-state index contributed by atoms with van der Waals surface area (Å²) in [5.41, 5.74) is 1.47. The number of hydrogen-bond acceptors (Lipinski definition) is 4. The molecular weight excluding hydrogens is 261 g/mol. The van der Waals surface area contributed by atoms with Crippen molar-refractivity contribution in [3.05, 3.63) is 59.7 Å². The van der Waals surface area contributed by atoms with Crippen LogP contribution in [0.5, 0.6) is 0 Å². The Morgan fingerprint density at radius 1 is 1.55 bits per heavy atom. The Balaban J connectivity index is 2.16. The predicted octanol–water partition coefficient (Wildman–Crippen LogP) is 2.12. The van der Waals surface area contributed by atoms with Gasteiger partial charge in [0.1, 0.15) is 12.4 Å². The Kier molecular flexibility index (Phi) is 4.24. The van der Waals surface area contributed by atoms with Crippen molar-refractivity contribution in [3.8, 4) is 0 Å². The van der Waals surface area contributed by atoms with Crippen LogP contribution in [0.4, 0.5) is 4.39 Å². The lowest BCUT2D eigenvalue weighted by atomic mass is 10.2. The van der Waals surface area contributed by atoms with E-state index in [1.165, 1.54) is 22.9 Å². The van der Waals surface area contributed by atoms with Crippen LogP contribution in [0.3, 0.4) is 0 Å². The average Bonchev–Trinajstić information content (AvgIpc) is 2.78. The number of ether oxygens (including phenoxy) is 1. The van der Waals surface area contributed by atoms with Crippen LogP contribution in [-0.2, 0) is 11.3 Å². The number of hydrogen-bond donors (Lipinski definition) is 0. The summed E-state index contributed by atoms with van der Waals surface area (Å²) in [6, 6.07) is 6.18. The van der Waals surface area contributed by atoms with Crippen LogP contribution < -0.4 is 0 Å². The first-order valence-corrected chi connectivity index (χ1v) is 6.04. The Morgan fingerprint density at radius 3 is 3.05 bits per heavy atom. The lowest BCUT2D eigenvalue weighted by Gasteiger charge is -2.04.